The summed E-state index contributed by atoms with van der Waals surface area (Å²) in [6, 6.07) is 10.6. The predicted octanol–water partition coefficient (Wildman–Crippen LogP) is 3.11. The summed E-state index contributed by atoms with van der Waals surface area (Å²) >= 11 is 0. The molecule has 25 heavy (non-hydrogen) atoms. The highest BCUT2D eigenvalue weighted by Crippen LogP contribution is 2.21. The van der Waals surface area contributed by atoms with Crippen LogP contribution in [0.4, 0.5) is 0 Å². The second-order valence-corrected chi connectivity index (χ2v) is 6.98. The molecule has 0 spiro atoms. The van der Waals surface area contributed by atoms with Gasteiger partial charge in [0.15, 0.2) is 5.96 Å². The Kier molecular flexibility index (Phi) is 7.04. The van der Waals surface area contributed by atoms with Gasteiger partial charge in [-0.2, -0.15) is 0 Å². The summed E-state index contributed by atoms with van der Waals surface area (Å²) in [7, 11) is 1.82. The van der Waals surface area contributed by atoms with E-state index in [4.69, 9.17) is 0 Å². The van der Waals surface area contributed by atoms with Gasteiger partial charge in [-0.3, -0.25) is 4.99 Å². The van der Waals surface area contributed by atoms with Crippen LogP contribution in [0, 0.1) is 6.92 Å². The molecule has 0 saturated carbocycles. The highest BCUT2D eigenvalue weighted by atomic mass is 15.2. The summed E-state index contributed by atoms with van der Waals surface area (Å²) in [5.74, 6) is 1.94. The molecule has 1 heterocycles. The zero-order valence-corrected chi connectivity index (χ0v) is 15.9. The maximum absolute atomic E-state index is 4.33. The Morgan fingerprint density at radius 3 is 2.56 bits per heavy atom. The number of nitrogens with one attached hydrogen (secondary N) is 2. The highest BCUT2D eigenvalue weighted by Gasteiger charge is 2.20. The Labute approximate surface area is 151 Å². The van der Waals surface area contributed by atoms with Crippen molar-refractivity contribution >= 4 is 5.96 Å². The number of unbranched alkanes of at least 4 members (excludes halogenated alkanes) is 1. The van der Waals surface area contributed by atoms with Crippen LogP contribution in [0.15, 0.2) is 47.7 Å². The third kappa shape index (κ3) is 5.93. The average Bonchev–Trinajstić information content (AvgIpc) is 3.03. The quantitative estimate of drug-likeness (QED) is 0.441. The lowest BCUT2D eigenvalue weighted by atomic mass is 9.85. The zero-order chi connectivity index (χ0) is 18.1. The molecule has 136 valence electrons. The van der Waals surface area contributed by atoms with Gasteiger partial charge in [0.1, 0.15) is 5.82 Å². The van der Waals surface area contributed by atoms with E-state index in [9.17, 15) is 0 Å². The van der Waals surface area contributed by atoms with Crippen LogP contribution in [0.3, 0.4) is 0 Å². The molecule has 2 N–H and O–H groups in total. The van der Waals surface area contributed by atoms with E-state index in [2.05, 4.69) is 69.4 Å². The van der Waals surface area contributed by atoms with E-state index in [-0.39, 0.29) is 5.41 Å². The molecule has 5 heteroatoms. The van der Waals surface area contributed by atoms with Crippen LogP contribution >= 0.6 is 0 Å². The Balaban J connectivity index is 1.69. The van der Waals surface area contributed by atoms with Crippen LogP contribution in [0.2, 0.25) is 0 Å². The van der Waals surface area contributed by atoms with Crippen LogP contribution in [-0.4, -0.2) is 35.6 Å². The SMILES string of the molecule is CN=C(NCCCCn1ccnc1C)NCC(C)(C)c1ccccc1. The summed E-state index contributed by atoms with van der Waals surface area (Å²) in [4.78, 5) is 8.57. The topological polar surface area (TPSA) is 54.2 Å². The average molecular weight is 342 g/mol. The van der Waals surface area contributed by atoms with Crippen LogP contribution in [0.1, 0.15) is 38.1 Å². The number of aliphatic imine (C=N–C) groups is 1. The summed E-state index contributed by atoms with van der Waals surface area (Å²) in [6.07, 6.45) is 6.11. The monoisotopic (exact) mass is 341 g/mol. The van der Waals surface area contributed by atoms with Gasteiger partial charge in [0, 0.05) is 44.5 Å². The van der Waals surface area contributed by atoms with Crippen molar-refractivity contribution in [2.24, 2.45) is 4.99 Å². The molecule has 2 rings (SSSR count). The molecule has 1 aromatic heterocycles. The largest absolute Gasteiger partial charge is 0.356 e. The first kappa shape index (κ1) is 19.0. The lowest BCUT2D eigenvalue weighted by molar-refractivity contribution is 0.507. The van der Waals surface area contributed by atoms with E-state index >= 15 is 0 Å². The fourth-order valence-corrected chi connectivity index (χ4v) is 2.77. The van der Waals surface area contributed by atoms with Gasteiger partial charge < -0.3 is 15.2 Å². The third-order valence-corrected chi connectivity index (χ3v) is 4.52. The maximum atomic E-state index is 4.33. The molecule has 0 unspecified atom stereocenters. The molecule has 0 aliphatic heterocycles. The van der Waals surface area contributed by atoms with E-state index in [0.29, 0.717) is 0 Å². The molecule has 0 fully saturated rings. The van der Waals surface area contributed by atoms with Crippen LogP contribution in [0.25, 0.3) is 0 Å². The first-order chi connectivity index (χ1) is 12.0. The summed E-state index contributed by atoms with van der Waals surface area (Å²) in [5.41, 5.74) is 1.38. The highest BCUT2D eigenvalue weighted by molar-refractivity contribution is 5.79. The molecule has 0 radical (unpaired) electrons. The number of guanidine groups is 1. The number of imidazole rings is 1. The minimum Gasteiger partial charge on any atom is -0.356 e. The first-order valence-electron chi connectivity index (χ1n) is 9.01. The normalized spacial score (nSPS) is 12.2. The second kappa shape index (κ2) is 9.25. The molecular weight excluding hydrogens is 310 g/mol. The second-order valence-electron chi connectivity index (χ2n) is 6.98. The van der Waals surface area contributed by atoms with E-state index in [0.717, 1.165) is 44.3 Å². The number of hydrogen-bond donors (Lipinski definition) is 2. The predicted molar refractivity (Wildman–Crippen MR) is 105 cm³/mol. The Morgan fingerprint density at radius 2 is 1.92 bits per heavy atom. The lowest BCUT2D eigenvalue weighted by Gasteiger charge is -2.26. The number of hydrogen-bond acceptors (Lipinski definition) is 2. The molecule has 0 atom stereocenters. The van der Waals surface area contributed by atoms with Crippen molar-refractivity contribution in [2.75, 3.05) is 20.1 Å². The van der Waals surface area contributed by atoms with Crippen molar-refractivity contribution in [1.29, 1.82) is 0 Å². The standard InChI is InChI=1S/C20H31N5/c1-17-22-13-15-25(17)14-9-8-12-23-19(21-4)24-16-20(2,3)18-10-6-5-7-11-18/h5-7,10-11,13,15H,8-9,12,14,16H2,1-4H3,(H2,21,23,24). The smallest absolute Gasteiger partial charge is 0.191 e. The fraction of sp³-hybridized carbons (Fsp3) is 0.500. The van der Waals surface area contributed by atoms with Crippen molar-refractivity contribution in [3.05, 3.63) is 54.1 Å². The lowest BCUT2D eigenvalue weighted by Crippen LogP contribution is -2.43. The van der Waals surface area contributed by atoms with E-state index in [1.54, 1.807) is 0 Å². The Morgan fingerprint density at radius 1 is 1.16 bits per heavy atom. The van der Waals surface area contributed by atoms with Gasteiger partial charge in [0.05, 0.1) is 0 Å². The minimum atomic E-state index is 0.0534. The molecule has 0 aliphatic carbocycles. The molecule has 0 amide bonds. The van der Waals surface area contributed by atoms with Crippen molar-refractivity contribution in [1.82, 2.24) is 20.2 Å². The molecule has 0 aliphatic rings. The van der Waals surface area contributed by atoms with Gasteiger partial charge in [-0.25, -0.2) is 4.98 Å². The van der Waals surface area contributed by atoms with Gasteiger partial charge in [0.25, 0.3) is 0 Å². The van der Waals surface area contributed by atoms with Gasteiger partial charge in [-0.15, -0.1) is 0 Å². The van der Waals surface area contributed by atoms with Crippen molar-refractivity contribution < 1.29 is 0 Å². The fourth-order valence-electron chi connectivity index (χ4n) is 2.77. The third-order valence-electron chi connectivity index (χ3n) is 4.52. The van der Waals surface area contributed by atoms with Crippen LogP contribution in [-0.2, 0) is 12.0 Å². The van der Waals surface area contributed by atoms with Crippen molar-refractivity contribution in [3.63, 3.8) is 0 Å². The summed E-state index contributed by atoms with van der Waals surface area (Å²) in [6.45, 7) is 9.30. The van der Waals surface area contributed by atoms with Crippen LogP contribution < -0.4 is 10.6 Å². The molecule has 0 bridgehead atoms. The molecule has 0 saturated heterocycles. The number of aryl methyl sites for hydroxylation is 2. The number of aromatic nitrogens is 2. The zero-order valence-electron chi connectivity index (χ0n) is 15.9. The van der Waals surface area contributed by atoms with Crippen molar-refractivity contribution in [3.8, 4) is 0 Å². The molecular formula is C20H31N5. The first-order valence-corrected chi connectivity index (χ1v) is 9.01. The molecule has 5 nitrogen and oxygen atoms in total. The number of benzene rings is 1. The van der Waals surface area contributed by atoms with Crippen LogP contribution in [0.5, 0.6) is 0 Å². The minimum absolute atomic E-state index is 0.0534. The molecule has 1 aromatic carbocycles. The van der Waals surface area contributed by atoms with E-state index in [1.165, 1.54) is 5.56 Å². The number of rotatable bonds is 8. The summed E-state index contributed by atoms with van der Waals surface area (Å²) in [5, 5.41) is 6.85. The van der Waals surface area contributed by atoms with Crippen molar-refractivity contribution in [2.45, 2.75) is 45.6 Å². The van der Waals surface area contributed by atoms with Gasteiger partial charge in [0.2, 0.25) is 0 Å². The number of nitrogens with zero attached hydrogens (tertiary/aromatic N) is 3. The summed E-state index contributed by atoms with van der Waals surface area (Å²) < 4.78 is 2.19. The Bertz CT molecular complexity index is 658. The maximum Gasteiger partial charge on any atom is 0.191 e. The van der Waals surface area contributed by atoms with Gasteiger partial charge in [-0.05, 0) is 25.3 Å². The van der Waals surface area contributed by atoms with E-state index < -0.39 is 0 Å². The van der Waals surface area contributed by atoms with E-state index in [1.807, 2.05) is 26.4 Å². The van der Waals surface area contributed by atoms with Gasteiger partial charge in [-0.1, -0.05) is 44.2 Å². The molecule has 2 aromatic rings. The van der Waals surface area contributed by atoms with Gasteiger partial charge >= 0.3 is 0 Å². The Hall–Kier alpha value is -2.30.